The molecule has 0 radical (unpaired) electrons. The second-order valence-corrected chi connectivity index (χ2v) is 7.36. The number of thioether (sulfide) groups is 1. The summed E-state index contributed by atoms with van der Waals surface area (Å²) in [7, 11) is 0. The Hall–Kier alpha value is -1.84. The van der Waals surface area contributed by atoms with E-state index >= 15 is 0 Å². The van der Waals surface area contributed by atoms with Crippen molar-refractivity contribution in [2.24, 2.45) is 0 Å². The third kappa shape index (κ3) is 4.88. The SMILES string of the molecule is CC(C)Sc1ccc(CC(=O)Nc2ncc(C#N)s2)cc1. The number of nitrogens with one attached hydrogen (secondary N) is 1. The fourth-order valence-corrected chi connectivity index (χ4v) is 3.16. The molecule has 6 heteroatoms. The molecule has 2 rings (SSSR count). The number of anilines is 1. The predicted molar refractivity (Wildman–Crippen MR) is 86.6 cm³/mol. The van der Waals surface area contributed by atoms with E-state index in [4.69, 9.17) is 5.26 Å². The predicted octanol–water partition coefficient (Wildman–Crippen LogP) is 3.70. The van der Waals surface area contributed by atoms with Crippen LogP contribution in [0.1, 0.15) is 24.3 Å². The van der Waals surface area contributed by atoms with Gasteiger partial charge in [-0.3, -0.25) is 4.79 Å². The molecule has 0 saturated heterocycles. The van der Waals surface area contributed by atoms with E-state index in [0.29, 0.717) is 21.7 Å². The summed E-state index contributed by atoms with van der Waals surface area (Å²) in [6, 6.07) is 9.99. The van der Waals surface area contributed by atoms with Crippen LogP contribution in [0.4, 0.5) is 5.13 Å². The van der Waals surface area contributed by atoms with Crippen LogP contribution in [0.25, 0.3) is 0 Å². The highest BCUT2D eigenvalue weighted by molar-refractivity contribution is 7.99. The molecular formula is C15H15N3OS2. The average Bonchev–Trinajstić information content (AvgIpc) is 2.88. The van der Waals surface area contributed by atoms with Crippen LogP contribution in [0.15, 0.2) is 35.4 Å². The highest BCUT2D eigenvalue weighted by atomic mass is 32.2. The van der Waals surface area contributed by atoms with E-state index in [1.165, 1.54) is 22.4 Å². The van der Waals surface area contributed by atoms with Gasteiger partial charge in [0.1, 0.15) is 10.9 Å². The lowest BCUT2D eigenvalue weighted by Gasteiger charge is -2.06. The van der Waals surface area contributed by atoms with Crippen LogP contribution in [-0.2, 0) is 11.2 Å². The molecular weight excluding hydrogens is 302 g/mol. The molecule has 1 N–H and O–H groups in total. The van der Waals surface area contributed by atoms with Crippen LogP contribution in [0.2, 0.25) is 0 Å². The molecule has 0 saturated carbocycles. The number of hydrogen-bond donors (Lipinski definition) is 1. The van der Waals surface area contributed by atoms with Gasteiger partial charge in [0.15, 0.2) is 5.13 Å². The minimum atomic E-state index is -0.127. The van der Waals surface area contributed by atoms with Gasteiger partial charge in [0, 0.05) is 10.1 Å². The van der Waals surface area contributed by atoms with E-state index in [1.54, 1.807) is 11.8 Å². The Labute approximate surface area is 132 Å². The van der Waals surface area contributed by atoms with Gasteiger partial charge in [-0.2, -0.15) is 5.26 Å². The van der Waals surface area contributed by atoms with Crippen molar-refractivity contribution in [1.29, 1.82) is 5.26 Å². The molecule has 1 aromatic carbocycles. The molecule has 108 valence electrons. The van der Waals surface area contributed by atoms with Gasteiger partial charge >= 0.3 is 0 Å². The van der Waals surface area contributed by atoms with Gasteiger partial charge in [0.05, 0.1) is 12.6 Å². The van der Waals surface area contributed by atoms with Crippen molar-refractivity contribution < 1.29 is 4.79 Å². The molecule has 2 aromatic rings. The summed E-state index contributed by atoms with van der Waals surface area (Å²) in [5.41, 5.74) is 0.956. The molecule has 1 heterocycles. The Morgan fingerprint density at radius 2 is 2.14 bits per heavy atom. The van der Waals surface area contributed by atoms with Crippen molar-refractivity contribution in [2.45, 2.75) is 30.4 Å². The van der Waals surface area contributed by atoms with Crippen molar-refractivity contribution in [3.63, 3.8) is 0 Å². The van der Waals surface area contributed by atoms with Gasteiger partial charge in [0.2, 0.25) is 5.91 Å². The minimum absolute atomic E-state index is 0.127. The summed E-state index contributed by atoms with van der Waals surface area (Å²) in [6.07, 6.45) is 1.76. The molecule has 1 aromatic heterocycles. The number of benzene rings is 1. The zero-order chi connectivity index (χ0) is 15.2. The molecule has 0 aliphatic carbocycles. The average molecular weight is 317 g/mol. The summed E-state index contributed by atoms with van der Waals surface area (Å²) in [5.74, 6) is -0.127. The lowest BCUT2D eigenvalue weighted by Crippen LogP contribution is -2.14. The molecule has 0 atom stereocenters. The highest BCUT2D eigenvalue weighted by Crippen LogP contribution is 2.23. The maximum absolute atomic E-state index is 11.9. The number of aromatic nitrogens is 1. The highest BCUT2D eigenvalue weighted by Gasteiger charge is 2.08. The minimum Gasteiger partial charge on any atom is -0.302 e. The summed E-state index contributed by atoms with van der Waals surface area (Å²) in [6.45, 7) is 4.30. The Kier molecular flexibility index (Phi) is 5.37. The first-order valence-corrected chi connectivity index (χ1v) is 8.18. The molecule has 0 unspecified atom stereocenters. The first-order chi connectivity index (χ1) is 10.1. The number of carbonyl (C=O) groups excluding carboxylic acids is 1. The first-order valence-electron chi connectivity index (χ1n) is 6.48. The number of rotatable bonds is 5. The molecule has 0 fully saturated rings. The lowest BCUT2D eigenvalue weighted by atomic mass is 10.1. The summed E-state index contributed by atoms with van der Waals surface area (Å²) >= 11 is 2.97. The summed E-state index contributed by atoms with van der Waals surface area (Å²) < 4.78 is 0. The normalized spacial score (nSPS) is 10.4. The number of hydrogen-bond acceptors (Lipinski definition) is 5. The smallest absolute Gasteiger partial charge is 0.230 e. The Morgan fingerprint density at radius 3 is 2.71 bits per heavy atom. The number of thiazole rings is 1. The maximum atomic E-state index is 11.9. The van der Waals surface area contributed by atoms with E-state index < -0.39 is 0 Å². The monoisotopic (exact) mass is 317 g/mol. The maximum Gasteiger partial charge on any atom is 0.230 e. The summed E-state index contributed by atoms with van der Waals surface area (Å²) in [4.78, 5) is 17.6. The third-order valence-electron chi connectivity index (χ3n) is 2.52. The first kappa shape index (κ1) is 15.5. The van der Waals surface area contributed by atoms with Crippen LogP contribution >= 0.6 is 23.1 Å². The van der Waals surface area contributed by atoms with Crippen molar-refractivity contribution in [3.05, 3.63) is 40.9 Å². The van der Waals surface area contributed by atoms with Crippen molar-refractivity contribution in [2.75, 3.05) is 5.32 Å². The molecule has 4 nitrogen and oxygen atoms in total. The molecule has 1 amide bonds. The summed E-state index contributed by atoms with van der Waals surface area (Å²) in [5, 5.41) is 12.4. The van der Waals surface area contributed by atoms with E-state index in [9.17, 15) is 4.79 Å². The Balaban J connectivity index is 1.91. The van der Waals surface area contributed by atoms with E-state index in [0.717, 1.165) is 5.56 Å². The standard InChI is InChI=1S/C15H15N3OS2/c1-10(2)20-12-5-3-11(4-6-12)7-14(19)18-15-17-9-13(8-16)21-15/h3-6,9-10H,7H2,1-2H3,(H,17,18,19). The van der Waals surface area contributed by atoms with Crippen molar-refractivity contribution in [3.8, 4) is 6.07 Å². The van der Waals surface area contributed by atoms with E-state index in [1.807, 2.05) is 30.3 Å². The van der Waals surface area contributed by atoms with Crippen molar-refractivity contribution in [1.82, 2.24) is 4.98 Å². The van der Waals surface area contributed by atoms with Crippen molar-refractivity contribution >= 4 is 34.1 Å². The zero-order valence-corrected chi connectivity index (χ0v) is 13.4. The van der Waals surface area contributed by atoms with E-state index in [-0.39, 0.29) is 5.91 Å². The van der Waals surface area contributed by atoms with Crippen LogP contribution in [0.3, 0.4) is 0 Å². The van der Waals surface area contributed by atoms with Crippen LogP contribution in [-0.4, -0.2) is 16.1 Å². The largest absolute Gasteiger partial charge is 0.302 e. The third-order valence-corrected chi connectivity index (χ3v) is 4.36. The Bertz CT molecular complexity index is 656. The molecule has 21 heavy (non-hydrogen) atoms. The van der Waals surface area contributed by atoms with Gasteiger partial charge in [-0.15, -0.1) is 11.8 Å². The van der Waals surface area contributed by atoms with Crippen LogP contribution in [0.5, 0.6) is 0 Å². The van der Waals surface area contributed by atoms with Gasteiger partial charge < -0.3 is 5.32 Å². The fourth-order valence-electron chi connectivity index (χ4n) is 1.69. The van der Waals surface area contributed by atoms with Gasteiger partial charge in [-0.25, -0.2) is 4.98 Å². The molecule has 0 bridgehead atoms. The second kappa shape index (κ2) is 7.25. The van der Waals surface area contributed by atoms with Gasteiger partial charge in [-0.05, 0) is 17.7 Å². The lowest BCUT2D eigenvalue weighted by molar-refractivity contribution is -0.115. The number of nitrogens with zero attached hydrogens (tertiary/aromatic N) is 2. The zero-order valence-electron chi connectivity index (χ0n) is 11.8. The second-order valence-electron chi connectivity index (χ2n) is 4.68. The van der Waals surface area contributed by atoms with E-state index in [2.05, 4.69) is 24.1 Å². The fraction of sp³-hybridized carbons (Fsp3) is 0.267. The molecule has 0 spiro atoms. The van der Waals surface area contributed by atoms with Crippen LogP contribution < -0.4 is 5.32 Å². The van der Waals surface area contributed by atoms with Gasteiger partial charge in [0.25, 0.3) is 0 Å². The quantitative estimate of drug-likeness (QED) is 0.854. The topological polar surface area (TPSA) is 65.8 Å². The molecule has 0 aliphatic heterocycles. The van der Waals surface area contributed by atoms with Gasteiger partial charge in [-0.1, -0.05) is 37.3 Å². The number of amides is 1. The number of nitriles is 1. The van der Waals surface area contributed by atoms with Crippen LogP contribution in [0, 0.1) is 11.3 Å². The molecule has 0 aliphatic rings. The Morgan fingerprint density at radius 1 is 1.43 bits per heavy atom. The number of carbonyl (C=O) groups is 1.